The molecule has 5 nitrogen and oxygen atoms in total. The van der Waals surface area contributed by atoms with Crippen molar-refractivity contribution >= 4 is 66.6 Å². The molecule has 0 aliphatic carbocycles. The van der Waals surface area contributed by atoms with Crippen LogP contribution in [-0.4, -0.2) is 15.2 Å². The van der Waals surface area contributed by atoms with E-state index >= 15 is 0 Å². The number of nitrogens with zero attached hydrogens (tertiary/aromatic N) is 1. The second kappa shape index (κ2) is 5.51. The van der Waals surface area contributed by atoms with E-state index in [1.165, 1.54) is 0 Å². The van der Waals surface area contributed by atoms with E-state index in [1.807, 2.05) is 6.07 Å². The van der Waals surface area contributed by atoms with Gasteiger partial charge in [0.25, 0.3) is 5.56 Å². The minimum Gasteiger partial charge on any atom is -0.394 e. The van der Waals surface area contributed by atoms with E-state index in [9.17, 15) is 4.79 Å². The van der Waals surface area contributed by atoms with Gasteiger partial charge in [-0.1, -0.05) is 29.3 Å². The van der Waals surface area contributed by atoms with Crippen molar-refractivity contribution in [2.45, 2.75) is 0 Å². The Balaban J connectivity index is 2.24. The van der Waals surface area contributed by atoms with E-state index in [0.717, 1.165) is 16.3 Å². The highest BCUT2D eigenvalue weighted by Gasteiger charge is 2.18. The number of fused-ring (bicyclic) bond motifs is 2. The molecule has 0 unspecified atom stereocenters. The van der Waals surface area contributed by atoms with Crippen molar-refractivity contribution in [1.29, 1.82) is 0 Å². The summed E-state index contributed by atoms with van der Waals surface area (Å²) in [7, 11) is 0. The fourth-order valence-electron chi connectivity index (χ4n) is 2.85. The summed E-state index contributed by atoms with van der Waals surface area (Å²) < 4.78 is 0.681. The van der Waals surface area contributed by atoms with Crippen molar-refractivity contribution in [2.24, 2.45) is 0 Å². The van der Waals surface area contributed by atoms with E-state index in [4.69, 9.17) is 28.9 Å². The topological polar surface area (TPSA) is 87.6 Å². The van der Waals surface area contributed by atoms with Gasteiger partial charge >= 0.3 is 0 Å². The molecule has 0 saturated carbocycles. The Morgan fingerprint density at radius 1 is 1.12 bits per heavy atom. The molecule has 2 aromatic carbocycles. The second-order valence-electron chi connectivity index (χ2n) is 5.31. The van der Waals surface area contributed by atoms with Crippen LogP contribution in [0.3, 0.4) is 0 Å². The number of nitrogens with two attached hydrogens (primary N) is 1. The number of pyridine rings is 1. The van der Waals surface area contributed by atoms with E-state index in [2.05, 4.69) is 31.1 Å². The summed E-state index contributed by atoms with van der Waals surface area (Å²) >= 11 is 15.8. The van der Waals surface area contributed by atoms with Gasteiger partial charge in [0.1, 0.15) is 5.69 Å². The number of rotatable bonds is 1. The maximum atomic E-state index is 12.3. The molecule has 0 spiro atoms. The van der Waals surface area contributed by atoms with Crippen molar-refractivity contribution in [2.75, 3.05) is 5.73 Å². The molecule has 8 heteroatoms. The Kier molecular flexibility index (Phi) is 3.56. The van der Waals surface area contributed by atoms with Gasteiger partial charge in [-0.3, -0.25) is 9.89 Å². The van der Waals surface area contributed by atoms with Crippen LogP contribution in [0, 0.1) is 0 Å². The van der Waals surface area contributed by atoms with E-state index in [1.54, 1.807) is 24.4 Å². The van der Waals surface area contributed by atoms with Crippen molar-refractivity contribution in [3.63, 3.8) is 0 Å². The van der Waals surface area contributed by atoms with Gasteiger partial charge in [-0.25, -0.2) is 0 Å². The van der Waals surface area contributed by atoms with Gasteiger partial charge in [-0.05, 0) is 39.7 Å². The Hall–Kier alpha value is -2.02. The lowest BCUT2D eigenvalue weighted by atomic mass is 9.97. The van der Waals surface area contributed by atoms with Gasteiger partial charge in [0.15, 0.2) is 0 Å². The van der Waals surface area contributed by atoms with Gasteiger partial charge in [0.2, 0.25) is 0 Å². The summed E-state index contributed by atoms with van der Waals surface area (Å²) in [5.74, 6) is 0. The van der Waals surface area contributed by atoms with Crippen LogP contribution in [0.5, 0.6) is 0 Å². The van der Waals surface area contributed by atoms with Gasteiger partial charge in [0.05, 0.1) is 22.3 Å². The average molecular weight is 424 g/mol. The Bertz CT molecular complexity index is 1180. The van der Waals surface area contributed by atoms with Crippen molar-refractivity contribution in [1.82, 2.24) is 15.2 Å². The summed E-state index contributed by atoms with van der Waals surface area (Å²) in [5, 5.41) is 9.48. The molecule has 0 atom stereocenters. The van der Waals surface area contributed by atoms with Gasteiger partial charge < -0.3 is 10.7 Å². The predicted octanol–water partition coefficient (Wildman–Crippen LogP) is 4.72. The van der Waals surface area contributed by atoms with Gasteiger partial charge in [-0.15, -0.1) is 0 Å². The average Bonchev–Trinajstić information content (AvgIpc) is 3.02. The molecule has 2 heterocycles. The Morgan fingerprint density at radius 3 is 2.71 bits per heavy atom. The fraction of sp³-hybridized carbons (Fsp3) is 0. The number of nitrogen functional groups attached to an aromatic ring is 1. The standard InChI is InChI=1S/C16H9BrCl2N4O/c17-10-4-6(18)3-8-12(13(20)16(24)22-14(8)10)7-1-2-11(19)15-9(7)5-21-23-15/h1-5H,20H2,(H,21,23)(H,22,24). The van der Waals surface area contributed by atoms with Crippen LogP contribution in [0.25, 0.3) is 32.9 Å². The highest BCUT2D eigenvalue weighted by molar-refractivity contribution is 9.10. The first-order valence-corrected chi connectivity index (χ1v) is 8.44. The van der Waals surface area contributed by atoms with Crippen molar-refractivity contribution in [3.8, 4) is 11.1 Å². The molecule has 0 saturated heterocycles. The molecule has 0 bridgehead atoms. The summed E-state index contributed by atoms with van der Waals surface area (Å²) in [6.45, 7) is 0. The third-order valence-corrected chi connectivity index (χ3v) is 5.07. The molecule has 4 N–H and O–H groups in total. The molecular formula is C16H9BrCl2N4O. The highest BCUT2D eigenvalue weighted by atomic mass is 79.9. The van der Waals surface area contributed by atoms with Crippen LogP contribution < -0.4 is 11.3 Å². The molecular weight excluding hydrogens is 415 g/mol. The number of anilines is 1. The lowest BCUT2D eigenvalue weighted by molar-refractivity contribution is 1.12. The Morgan fingerprint density at radius 2 is 1.92 bits per heavy atom. The molecule has 24 heavy (non-hydrogen) atoms. The smallest absolute Gasteiger partial charge is 0.272 e. The summed E-state index contributed by atoms with van der Waals surface area (Å²) in [4.78, 5) is 15.1. The number of aromatic amines is 2. The number of hydrogen-bond acceptors (Lipinski definition) is 3. The molecule has 4 aromatic rings. The quantitative estimate of drug-likeness (QED) is 0.413. The third kappa shape index (κ3) is 2.22. The number of nitrogens with one attached hydrogen (secondary N) is 2. The second-order valence-corrected chi connectivity index (χ2v) is 7.00. The molecule has 4 rings (SSSR count). The van der Waals surface area contributed by atoms with E-state index in [-0.39, 0.29) is 11.2 Å². The minimum atomic E-state index is -0.368. The van der Waals surface area contributed by atoms with E-state index in [0.29, 0.717) is 31.1 Å². The van der Waals surface area contributed by atoms with Crippen molar-refractivity contribution in [3.05, 3.63) is 55.3 Å². The number of hydrogen-bond donors (Lipinski definition) is 3. The molecule has 2 aromatic heterocycles. The number of benzene rings is 2. The number of halogens is 3. The molecule has 120 valence electrons. The zero-order chi connectivity index (χ0) is 17.0. The van der Waals surface area contributed by atoms with Crippen LogP contribution in [0.1, 0.15) is 0 Å². The SMILES string of the molecule is Nc1c(-c2ccc(Cl)c3[nH]ncc23)c2cc(Cl)cc(Br)c2[nH]c1=O. The van der Waals surface area contributed by atoms with Crippen LogP contribution in [0.4, 0.5) is 5.69 Å². The first kappa shape index (κ1) is 15.5. The van der Waals surface area contributed by atoms with Crippen molar-refractivity contribution < 1.29 is 0 Å². The maximum Gasteiger partial charge on any atom is 0.272 e. The first-order chi connectivity index (χ1) is 11.5. The fourth-order valence-corrected chi connectivity index (χ4v) is 3.96. The lowest BCUT2D eigenvalue weighted by Crippen LogP contribution is -2.13. The summed E-state index contributed by atoms with van der Waals surface area (Å²) in [6.07, 6.45) is 1.66. The minimum absolute atomic E-state index is 0.112. The molecule has 0 aliphatic heterocycles. The first-order valence-electron chi connectivity index (χ1n) is 6.90. The van der Waals surface area contributed by atoms with Gasteiger partial charge in [0, 0.05) is 25.8 Å². The monoisotopic (exact) mass is 422 g/mol. The van der Waals surface area contributed by atoms with Crippen LogP contribution in [0.15, 0.2) is 39.7 Å². The van der Waals surface area contributed by atoms with Crippen LogP contribution in [0.2, 0.25) is 10.0 Å². The van der Waals surface area contributed by atoms with Crippen LogP contribution in [-0.2, 0) is 0 Å². The maximum absolute atomic E-state index is 12.3. The predicted molar refractivity (Wildman–Crippen MR) is 102 cm³/mol. The zero-order valence-corrected chi connectivity index (χ0v) is 15.1. The molecule has 0 radical (unpaired) electrons. The zero-order valence-electron chi connectivity index (χ0n) is 12.0. The lowest BCUT2D eigenvalue weighted by Gasteiger charge is -2.13. The third-order valence-electron chi connectivity index (χ3n) is 3.91. The molecule has 0 aliphatic rings. The normalized spacial score (nSPS) is 11.5. The summed E-state index contributed by atoms with van der Waals surface area (Å²) in [6, 6.07) is 7.04. The van der Waals surface area contributed by atoms with E-state index < -0.39 is 0 Å². The molecule has 0 amide bonds. The molecule has 0 fully saturated rings. The Labute approximate surface area is 153 Å². The van der Waals surface area contributed by atoms with Gasteiger partial charge in [-0.2, -0.15) is 5.10 Å². The highest BCUT2D eigenvalue weighted by Crippen LogP contribution is 2.39. The van der Waals surface area contributed by atoms with Crippen LogP contribution >= 0.6 is 39.1 Å². The largest absolute Gasteiger partial charge is 0.394 e. The summed E-state index contributed by atoms with van der Waals surface area (Å²) in [5.41, 5.74) is 8.52. The number of H-pyrrole nitrogens is 2. The number of aromatic nitrogens is 3.